The molecule has 0 bridgehead atoms. The molecule has 1 aliphatic carbocycles. The van der Waals surface area contributed by atoms with Crippen molar-refractivity contribution in [1.29, 1.82) is 0 Å². The van der Waals surface area contributed by atoms with Crippen molar-refractivity contribution in [3.63, 3.8) is 0 Å². The summed E-state index contributed by atoms with van der Waals surface area (Å²) in [5.74, 6) is 1.41. The predicted molar refractivity (Wildman–Crippen MR) is 74.0 cm³/mol. The van der Waals surface area contributed by atoms with Crippen molar-refractivity contribution in [2.45, 2.75) is 50.5 Å². The Kier molecular flexibility index (Phi) is 3.87. The molecule has 1 aromatic rings. The number of ether oxygens (including phenoxy) is 1. The minimum absolute atomic E-state index is 0.267. The van der Waals surface area contributed by atoms with Gasteiger partial charge in [-0.25, -0.2) is 9.97 Å². The summed E-state index contributed by atoms with van der Waals surface area (Å²) in [6.45, 7) is 0.865. The predicted octanol–water partition coefficient (Wildman–Crippen LogP) is 3.88. The van der Waals surface area contributed by atoms with Crippen LogP contribution in [0, 0.1) is 0 Å². The molecule has 18 heavy (non-hydrogen) atoms. The van der Waals surface area contributed by atoms with E-state index in [0.717, 1.165) is 35.4 Å². The normalized spacial score (nSPS) is 24.2. The van der Waals surface area contributed by atoms with Crippen molar-refractivity contribution >= 4 is 27.5 Å². The zero-order valence-corrected chi connectivity index (χ0v) is 12.5. The van der Waals surface area contributed by atoms with Gasteiger partial charge in [0.2, 0.25) is 0 Å². The summed E-state index contributed by atoms with van der Waals surface area (Å²) in [6, 6.07) is 0. The first kappa shape index (κ1) is 12.8. The highest BCUT2D eigenvalue weighted by Gasteiger charge is 2.29. The van der Waals surface area contributed by atoms with E-state index in [2.05, 4.69) is 25.9 Å². The molecule has 0 amide bonds. The van der Waals surface area contributed by atoms with Crippen LogP contribution in [0.3, 0.4) is 0 Å². The van der Waals surface area contributed by atoms with E-state index in [4.69, 9.17) is 16.3 Å². The van der Waals surface area contributed by atoms with E-state index in [1.807, 2.05) is 0 Å². The molecule has 1 aliphatic heterocycles. The van der Waals surface area contributed by atoms with Gasteiger partial charge in [0.1, 0.15) is 11.0 Å². The maximum absolute atomic E-state index is 6.17. The lowest BCUT2D eigenvalue weighted by Gasteiger charge is -2.22. The van der Waals surface area contributed by atoms with E-state index >= 15 is 0 Å². The number of nitrogens with zero attached hydrogens (tertiary/aromatic N) is 2. The first-order valence-corrected chi connectivity index (χ1v) is 7.74. The van der Waals surface area contributed by atoms with Gasteiger partial charge >= 0.3 is 0 Å². The summed E-state index contributed by atoms with van der Waals surface area (Å²) in [7, 11) is 0. The quantitative estimate of drug-likeness (QED) is 0.788. The van der Waals surface area contributed by atoms with Crippen molar-refractivity contribution in [1.82, 2.24) is 9.97 Å². The van der Waals surface area contributed by atoms with Crippen molar-refractivity contribution in [2.24, 2.45) is 0 Å². The van der Waals surface area contributed by atoms with E-state index in [-0.39, 0.29) is 6.10 Å². The molecule has 0 radical (unpaired) electrons. The van der Waals surface area contributed by atoms with E-state index in [1.165, 1.54) is 25.7 Å². The molecular weight excluding hydrogens is 316 g/mol. The standard InChI is InChI=1S/C13H16BrClN2O/c14-11-12(8-4-5-8)16-10(17-13(11)15)7-9-3-1-2-6-18-9/h8-9H,1-7H2. The highest BCUT2D eigenvalue weighted by Crippen LogP contribution is 2.43. The lowest BCUT2D eigenvalue weighted by molar-refractivity contribution is 0.0156. The van der Waals surface area contributed by atoms with Crippen molar-refractivity contribution < 1.29 is 4.74 Å². The second-order valence-electron chi connectivity index (χ2n) is 5.10. The Hall–Kier alpha value is -0.190. The molecule has 0 N–H and O–H groups in total. The van der Waals surface area contributed by atoms with Crippen LogP contribution < -0.4 is 0 Å². The lowest BCUT2D eigenvalue weighted by Crippen LogP contribution is -2.22. The Balaban J connectivity index is 1.78. The van der Waals surface area contributed by atoms with Crippen LogP contribution in [0.25, 0.3) is 0 Å². The van der Waals surface area contributed by atoms with Crippen LogP contribution in [0.4, 0.5) is 0 Å². The monoisotopic (exact) mass is 330 g/mol. The summed E-state index contributed by atoms with van der Waals surface area (Å²) >= 11 is 9.66. The molecule has 1 saturated heterocycles. The number of halogens is 2. The minimum Gasteiger partial charge on any atom is -0.378 e. The minimum atomic E-state index is 0.267. The Morgan fingerprint density at radius 1 is 1.22 bits per heavy atom. The van der Waals surface area contributed by atoms with Crippen LogP contribution in [0.15, 0.2) is 4.47 Å². The average molecular weight is 332 g/mol. The Labute approximate surface area is 120 Å². The highest BCUT2D eigenvalue weighted by atomic mass is 79.9. The molecule has 1 saturated carbocycles. The summed E-state index contributed by atoms with van der Waals surface area (Å²) in [6.07, 6.45) is 7.00. The van der Waals surface area contributed by atoms with Gasteiger partial charge in [0.05, 0.1) is 16.3 Å². The van der Waals surface area contributed by atoms with E-state index in [9.17, 15) is 0 Å². The molecule has 2 aliphatic rings. The van der Waals surface area contributed by atoms with Crippen molar-refractivity contribution in [3.8, 4) is 0 Å². The van der Waals surface area contributed by atoms with E-state index < -0.39 is 0 Å². The van der Waals surface area contributed by atoms with Crippen LogP contribution in [0.1, 0.15) is 49.5 Å². The highest BCUT2D eigenvalue weighted by molar-refractivity contribution is 9.10. The van der Waals surface area contributed by atoms with Gasteiger partial charge in [-0.1, -0.05) is 11.6 Å². The number of hydrogen-bond donors (Lipinski definition) is 0. The van der Waals surface area contributed by atoms with Crippen LogP contribution in [0.5, 0.6) is 0 Å². The SMILES string of the molecule is Clc1nc(CC2CCCCO2)nc(C2CC2)c1Br. The van der Waals surface area contributed by atoms with Gasteiger partial charge in [0.15, 0.2) is 0 Å². The van der Waals surface area contributed by atoms with Crippen LogP contribution in [0.2, 0.25) is 5.15 Å². The second kappa shape index (κ2) is 5.43. The summed E-state index contributed by atoms with van der Waals surface area (Å²) in [4.78, 5) is 9.03. The molecule has 98 valence electrons. The molecule has 3 nitrogen and oxygen atoms in total. The zero-order chi connectivity index (χ0) is 12.5. The van der Waals surface area contributed by atoms with Gasteiger partial charge in [-0.2, -0.15) is 0 Å². The smallest absolute Gasteiger partial charge is 0.147 e. The maximum atomic E-state index is 6.17. The molecule has 1 atom stereocenters. The second-order valence-corrected chi connectivity index (χ2v) is 6.25. The molecule has 2 fully saturated rings. The maximum Gasteiger partial charge on any atom is 0.147 e. The molecule has 5 heteroatoms. The zero-order valence-electron chi connectivity index (χ0n) is 10.2. The summed E-state index contributed by atoms with van der Waals surface area (Å²) < 4.78 is 6.61. The first-order chi connectivity index (χ1) is 8.74. The van der Waals surface area contributed by atoms with Gasteiger partial charge < -0.3 is 4.74 Å². The molecule has 3 rings (SSSR count). The Morgan fingerprint density at radius 2 is 2.06 bits per heavy atom. The molecule has 1 unspecified atom stereocenters. The van der Waals surface area contributed by atoms with Gasteiger partial charge in [0.25, 0.3) is 0 Å². The van der Waals surface area contributed by atoms with E-state index in [0.29, 0.717) is 11.1 Å². The van der Waals surface area contributed by atoms with Gasteiger partial charge in [-0.05, 0) is 48.0 Å². The fraction of sp³-hybridized carbons (Fsp3) is 0.692. The topological polar surface area (TPSA) is 35.0 Å². The molecular formula is C13H16BrClN2O. The summed E-state index contributed by atoms with van der Waals surface area (Å²) in [5, 5.41) is 0.540. The van der Waals surface area contributed by atoms with Crippen molar-refractivity contribution in [2.75, 3.05) is 6.61 Å². The van der Waals surface area contributed by atoms with Gasteiger partial charge in [-0.3, -0.25) is 0 Å². The Bertz CT molecular complexity index is 445. The van der Waals surface area contributed by atoms with E-state index in [1.54, 1.807) is 0 Å². The first-order valence-electron chi connectivity index (χ1n) is 6.57. The Morgan fingerprint density at radius 3 is 2.72 bits per heavy atom. The molecule has 2 heterocycles. The fourth-order valence-electron chi connectivity index (χ4n) is 2.37. The van der Waals surface area contributed by atoms with Gasteiger partial charge in [-0.15, -0.1) is 0 Å². The van der Waals surface area contributed by atoms with Gasteiger partial charge in [0, 0.05) is 18.9 Å². The third-order valence-corrected chi connectivity index (χ3v) is 4.81. The summed E-state index contributed by atoms with van der Waals surface area (Å²) in [5.41, 5.74) is 1.08. The van der Waals surface area contributed by atoms with Crippen LogP contribution >= 0.6 is 27.5 Å². The largest absolute Gasteiger partial charge is 0.378 e. The van der Waals surface area contributed by atoms with Crippen LogP contribution in [-0.4, -0.2) is 22.7 Å². The third kappa shape index (κ3) is 2.86. The molecule has 0 spiro atoms. The number of hydrogen-bond acceptors (Lipinski definition) is 3. The number of aromatic nitrogens is 2. The molecule has 0 aromatic carbocycles. The van der Waals surface area contributed by atoms with Crippen LogP contribution in [-0.2, 0) is 11.2 Å². The fourth-order valence-corrected chi connectivity index (χ4v) is 3.07. The number of rotatable bonds is 3. The van der Waals surface area contributed by atoms with Crippen molar-refractivity contribution in [3.05, 3.63) is 21.1 Å². The average Bonchev–Trinajstić information content (AvgIpc) is 3.19. The lowest BCUT2D eigenvalue weighted by atomic mass is 10.1. The third-order valence-electron chi connectivity index (χ3n) is 3.53. The molecule has 1 aromatic heterocycles.